The highest BCUT2D eigenvalue weighted by atomic mass is 32.1. The summed E-state index contributed by atoms with van der Waals surface area (Å²) >= 11 is 1.38. The maximum Gasteiger partial charge on any atom is 0.346 e. The Labute approximate surface area is 115 Å². The molecule has 0 spiro atoms. The molecule has 0 amide bonds. The van der Waals surface area contributed by atoms with Crippen LogP contribution in [-0.4, -0.2) is 42.2 Å². The van der Waals surface area contributed by atoms with Crippen molar-refractivity contribution in [2.45, 2.75) is 6.54 Å². The van der Waals surface area contributed by atoms with Gasteiger partial charge in [0.1, 0.15) is 4.88 Å². The van der Waals surface area contributed by atoms with Gasteiger partial charge in [-0.2, -0.15) is 0 Å². The molecular formula is C14H16N2O2S. The van der Waals surface area contributed by atoms with Crippen LogP contribution in [-0.2, 0) is 6.54 Å². The van der Waals surface area contributed by atoms with Crippen LogP contribution in [0.1, 0.15) is 15.2 Å². The van der Waals surface area contributed by atoms with E-state index in [0.717, 1.165) is 48.4 Å². The third-order valence-electron chi connectivity index (χ3n) is 3.48. The zero-order valence-electron chi connectivity index (χ0n) is 10.6. The van der Waals surface area contributed by atoms with Gasteiger partial charge in [-0.3, -0.25) is 4.90 Å². The molecule has 3 rings (SSSR count). The summed E-state index contributed by atoms with van der Waals surface area (Å²) in [5.74, 6) is -0.814. The minimum atomic E-state index is -0.814. The Morgan fingerprint density at radius 2 is 2.05 bits per heavy atom. The Hall–Kier alpha value is -1.43. The van der Waals surface area contributed by atoms with Gasteiger partial charge < -0.3 is 10.4 Å². The van der Waals surface area contributed by atoms with E-state index < -0.39 is 5.97 Å². The van der Waals surface area contributed by atoms with E-state index in [0.29, 0.717) is 4.88 Å². The van der Waals surface area contributed by atoms with Crippen LogP contribution in [0.2, 0.25) is 0 Å². The number of aromatic carboxylic acids is 1. The summed E-state index contributed by atoms with van der Waals surface area (Å²) in [6.07, 6.45) is 0. The second kappa shape index (κ2) is 5.28. The van der Waals surface area contributed by atoms with Crippen LogP contribution >= 0.6 is 11.3 Å². The molecule has 1 aromatic carbocycles. The average molecular weight is 276 g/mol. The maximum absolute atomic E-state index is 11.4. The number of carboxylic acids is 1. The molecule has 1 saturated heterocycles. The molecule has 0 atom stereocenters. The lowest BCUT2D eigenvalue weighted by atomic mass is 10.1. The number of rotatable bonds is 3. The molecule has 0 radical (unpaired) electrons. The molecule has 1 aromatic heterocycles. The van der Waals surface area contributed by atoms with Crippen LogP contribution in [0.4, 0.5) is 0 Å². The molecule has 4 nitrogen and oxygen atoms in total. The molecule has 1 fully saturated rings. The molecule has 0 saturated carbocycles. The number of hydrogen-bond donors (Lipinski definition) is 2. The van der Waals surface area contributed by atoms with Gasteiger partial charge in [-0.25, -0.2) is 4.79 Å². The second-order valence-electron chi connectivity index (χ2n) is 4.74. The third kappa shape index (κ3) is 2.49. The lowest BCUT2D eigenvalue weighted by Gasteiger charge is -2.27. The fourth-order valence-electron chi connectivity index (χ4n) is 2.52. The van der Waals surface area contributed by atoms with E-state index in [4.69, 9.17) is 0 Å². The van der Waals surface area contributed by atoms with Crippen molar-refractivity contribution in [3.63, 3.8) is 0 Å². The first-order valence-corrected chi connectivity index (χ1v) is 7.24. The van der Waals surface area contributed by atoms with Crippen LogP contribution in [0.15, 0.2) is 24.3 Å². The molecule has 0 aliphatic carbocycles. The largest absolute Gasteiger partial charge is 0.477 e. The number of nitrogens with zero attached hydrogens (tertiary/aromatic N) is 1. The number of carbonyl (C=O) groups is 1. The summed E-state index contributed by atoms with van der Waals surface area (Å²) in [5.41, 5.74) is 0.968. The van der Waals surface area contributed by atoms with Crippen molar-refractivity contribution >= 4 is 27.4 Å². The lowest BCUT2D eigenvalue weighted by Crippen LogP contribution is -2.43. The van der Waals surface area contributed by atoms with Gasteiger partial charge in [0.15, 0.2) is 0 Å². The highest BCUT2D eigenvalue weighted by Gasteiger charge is 2.20. The van der Waals surface area contributed by atoms with Crippen molar-refractivity contribution in [3.05, 3.63) is 34.7 Å². The van der Waals surface area contributed by atoms with Gasteiger partial charge in [0, 0.05) is 37.4 Å². The topological polar surface area (TPSA) is 52.6 Å². The first-order chi connectivity index (χ1) is 9.25. The Morgan fingerprint density at radius 3 is 2.79 bits per heavy atom. The quantitative estimate of drug-likeness (QED) is 0.900. The molecule has 1 aliphatic rings. The van der Waals surface area contributed by atoms with Gasteiger partial charge in [-0.05, 0) is 17.0 Å². The van der Waals surface area contributed by atoms with E-state index in [2.05, 4.69) is 10.2 Å². The fourth-order valence-corrected chi connectivity index (χ4v) is 3.57. The zero-order chi connectivity index (χ0) is 13.2. The smallest absolute Gasteiger partial charge is 0.346 e. The number of nitrogens with one attached hydrogen (secondary N) is 1. The predicted octanol–water partition coefficient (Wildman–Crippen LogP) is 2.00. The molecule has 19 heavy (non-hydrogen) atoms. The van der Waals surface area contributed by atoms with Crippen LogP contribution in [0.3, 0.4) is 0 Å². The van der Waals surface area contributed by atoms with Crippen molar-refractivity contribution in [2.24, 2.45) is 0 Å². The number of thiophene rings is 1. The second-order valence-corrected chi connectivity index (χ2v) is 5.79. The van der Waals surface area contributed by atoms with Gasteiger partial charge in [-0.1, -0.05) is 18.2 Å². The van der Waals surface area contributed by atoms with E-state index in [9.17, 15) is 9.90 Å². The van der Waals surface area contributed by atoms with Crippen LogP contribution in [0, 0.1) is 0 Å². The van der Waals surface area contributed by atoms with Crippen molar-refractivity contribution in [1.82, 2.24) is 10.2 Å². The average Bonchev–Trinajstić information content (AvgIpc) is 2.79. The maximum atomic E-state index is 11.4. The first kappa shape index (κ1) is 12.6. The monoisotopic (exact) mass is 276 g/mol. The van der Waals surface area contributed by atoms with Gasteiger partial charge in [0.2, 0.25) is 0 Å². The van der Waals surface area contributed by atoms with E-state index in [1.807, 2.05) is 24.3 Å². The number of piperazine rings is 1. The van der Waals surface area contributed by atoms with Crippen molar-refractivity contribution in [3.8, 4) is 0 Å². The number of fused-ring (bicyclic) bond motifs is 1. The Balaban J connectivity index is 1.99. The normalized spacial score (nSPS) is 16.8. The number of benzene rings is 1. The Morgan fingerprint density at radius 1 is 1.32 bits per heavy atom. The van der Waals surface area contributed by atoms with E-state index >= 15 is 0 Å². The summed E-state index contributed by atoms with van der Waals surface area (Å²) in [7, 11) is 0. The Kier molecular flexibility index (Phi) is 3.50. The van der Waals surface area contributed by atoms with Gasteiger partial charge in [0.05, 0.1) is 0 Å². The van der Waals surface area contributed by atoms with E-state index in [-0.39, 0.29) is 0 Å². The van der Waals surface area contributed by atoms with Crippen molar-refractivity contribution in [1.29, 1.82) is 0 Å². The minimum absolute atomic E-state index is 0.486. The van der Waals surface area contributed by atoms with Crippen LogP contribution in [0.5, 0.6) is 0 Å². The van der Waals surface area contributed by atoms with Crippen LogP contribution < -0.4 is 5.32 Å². The third-order valence-corrected chi connectivity index (χ3v) is 4.68. The summed E-state index contributed by atoms with van der Waals surface area (Å²) in [6, 6.07) is 7.95. The first-order valence-electron chi connectivity index (χ1n) is 6.42. The zero-order valence-corrected chi connectivity index (χ0v) is 11.4. The molecule has 1 aliphatic heterocycles. The molecule has 0 unspecified atom stereocenters. The predicted molar refractivity (Wildman–Crippen MR) is 76.9 cm³/mol. The molecule has 0 bridgehead atoms. The minimum Gasteiger partial charge on any atom is -0.477 e. The fraction of sp³-hybridized carbons (Fsp3) is 0.357. The summed E-state index contributed by atoms with van der Waals surface area (Å²) in [4.78, 5) is 14.2. The van der Waals surface area contributed by atoms with E-state index in [1.165, 1.54) is 11.3 Å². The highest BCUT2D eigenvalue weighted by Crippen LogP contribution is 2.32. The summed E-state index contributed by atoms with van der Waals surface area (Å²) < 4.78 is 1.06. The Bertz CT molecular complexity index is 603. The van der Waals surface area contributed by atoms with Gasteiger partial charge >= 0.3 is 5.97 Å². The standard InChI is InChI=1S/C14H16N2O2S/c17-14(18)13-11(9-16-7-5-15-6-8-16)10-3-1-2-4-12(10)19-13/h1-4,15H,5-9H2,(H,17,18). The molecular weight excluding hydrogens is 260 g/mol. The van der Waals surface area contributed by atoms with Gasteiger partial charge in [-0.15, -0.1) is 11.3 Å². The summed E-state index contributed by atoms with van der Waals surface area (Å²) in [5, 5.41) is 13.8. The van der Waals surface area contributed by atoms with Crippen LogP contribution in [0.25, 0.3) is 10.1 Å². The van der Waals surface area contributed by atoms with Crippen molar-refractivity contribution in [2.75, 3.05) is 26.2 Å². The molecule has 2 N–H and O–H groups in total. The van der Waals surface area contributed by atoms with E-state index in [1.54, 1.807) is 0 Å². The summed E-state index contributed by atoms with van der Waals surface area (Å²) in [6.45, 7) is 4.63. The highest BCUT2D eigenvalue weighted by molar-refractivity contribution is 7.21. The number of carboxylic acid groups (broad SMARTS) is 1. The van der Waals surface area contributed by atoms with Crippen molar-refractivity contribution < 1.29 is 9.90 Å². The number of hydrogen-bond acceptors (Lipinski definition) is 4. The molecule has 100 valence electrons. The van der Waals surface area contributed by atoms with Gasteiger partial charge in [0.25, 0.3) is 0 Å². The lowest BCUT2D eigenvalue weighted by molar-refractivity contribution is 0.0700. The SMILES string of the molecule is O=C(O)c1sc2ccccc2c1CN1CCNCC1. The molecule has 2 heterocycles. The molecule has 2 aromatic rings. The molecule has 5 heteroatoms.